The molecule has 2 aromatic rings. The van der Waals surface area contributed by atoms with Gasteiger partial charge in [-0.2, -0.15) is 0 Å². The number of benzene rings is 2. The molecule has 0 amide bonds. The van der Waals surface area contributed by atoms with Gasteiger partial charge in [0.25, 0.3) is 0 Å². The topological polar surface area (TPSA) is 62.2 Å². The Hall–Kier alpha value is -1.99. The Morgan fingerprint density at radius 3 is 2.58 bits per heavy atom. The van der Waals surface area contributed by atoms with Gasteiger partial charge in [0, 0.05) is 65.5 Å². The Morgan fingerprint density at radius 1 is 1.13 bits per heavy atom. The van der Waals surface area contributed by atoms with Gasteiger partial charge in [0.2, 0.25) is 0 Å². The molecule has 6 nitrogen and oxygen atoms in total. The predicted octanol–water partition coefficient (Wildman–Crippen LogP) is 6.40. The van der Waals surface area contributed by atoms with Gasteiger partial charge in [-0.05, 0) is 69.2 Å². The van der Waals surface area contributed by atoms with Gasteiger partial charge in [0.15, 0.2) is 0 Å². The summed E-state index contributed by atoms with van der Waals surface area (Å²) in [6, 6.07) is 12.6. The van der Waals surface area contributed by atoms with Crippen LogP contribution in [0, 0.1) is 11.3 Å². The van der Waals surface area contributed by atoms with Gasteiger partial charge < -0.3 is 19.5 Å². The van der Waals surface area contributed by atoms with Crippen molar-refractivity contribution in [2.45, 2.75) is 63.7 Å². The lowest BCUT2D eigenvalue weighted by Crippen LogP contribution is -2.61. The van der Waals surface area contributed by atoms with Crippen molar-refractivity contribution in [3.8, 4) is 5.75 Å². The highest BCUT2D eigenvalue weighted by atomic mass is 35.5. The molecule has 0 spiro atoms. The van der Waals surface area contributed by atoms with E-state index in [0.29, 0.717) is 27.9 Å². The molecule has 2 saturated heterocycles. The van der Waals surface area contributed by atoms with Gasteiger partial charge in [-0.1, -0.05) is 35.3 Å². The summed E-state index contributed by atoms with van der Waals surface area (Å²) < 4.78 is 12.7. The molecule has 2 saturated carbocycles. The predicted molar refractivity (Wildman–Crippen MR) is 150 cm³/mol. The zero-order valence-electron chi connectivity index (χ0n) is 22.0. The SMILES string of the molecule is C[C@@H](Oc1cc(N2CC([C@@H]3CN(C4CC(C)(C(=O)O)C4)CCO3)C2)ccc1C1CC1)c1ccc(Cl)cc1Cl. The van der Waals surface area contributed by atoms with Crippen LogP contribution >= 0.6 is 23.2 Å². The molecule has 0 aromatic heterocycles. The number of hydrogen-bond acceptors (Lipinski definition) is 5. The summed E-state index contributed by atoms with van der Waals surface area (Å²) in [5.41, 5.74) is 2.83. The van der Waals surface area contributed by atoms with Crippen molar-refractivity contribution in [1.29, 1.82) is 0 Å². The molecule has 38 heavy (non-hydrogen) atoms. The largest absolute Gasteiger partial charge is 0.486 e. The molecule has 2 aromatic carbocycles. The molecular weight excluding hydrogens is 523 g/mol. The Labute approximate surface area is 234 Å². The van der Waals surface area contributed by atoms with Crippen molar-refractivity contribution in [2.24, 2.45) is 11.3 Å². The summed E-state index contributed by atoms with van der Waals surface area (Å²) in [6.45, 7) is 8.32. The third kappa shape index (κ3) is 5.13. The van der Waals surface area contributed by atoms with Crippen molar-refractivity contribution in [1.82, 2.24) is 4.90 Å². The van der Waals surface area contributed by atoms with E-state index < -0.39 is 11.4 Å². The van der Waals surface area contributed by atoms with Gasteiger partial charge in [0.1, 0.15) is 11.9 Å². The molecule has 0 radical (unpaired) electrons. The van der Waals surface area contributed by atoms with Crippen molar-refractivity contribution < 1.29 is 19.4 Å². The first-order valence-electron chi connectivity index (χ1n) is 13.8. The third-order valence-electron chi connectivity index (χ3n) is 9.05. The van der Waals surface area contributed by atoms with Crippen molar-refractivity contribution >= 4 is 34.9 Å². The number of morpholine rings is 1. The quantitative estimate of drug-likeness (QED) is 0.404. The number of nitrogens with zero attached hydrogens (tertiary/aromatic N) is 2. The Balaban J connectivity index is 1.09. The van der Waals surface area contributed by atoms with Crippen LogP contribution in [0.3, 0.4) is 0 Å². The Bertz CT molecular complexity index is 1210. The van der Waals surface area contributed by atoms with E-state index in [2.05, 4.69) is 28.0 Å². The van der Waals surface area contributed by atoms with E-state index in [9.17, 15) is 9.90 Å². The lowest BCUT2D eigenvalue weighted by atomic mass is 9.66. The normalized spacial score (nSPS) is 28.9. The molecule has 0 unspecified atom stereocenters. The maximum atomic E-state index is 11.5. The minimum absolute atomic E-state index is 0.187. The zero-order valence-corrected chi connectivity index (χ0v) is 23.5. The zero-order chi connectivity index (χ0) is 26.6. The first-order valence-corrected chi connectivity index (χ1v) is 14.6. The average molecular weight is 560 g/mol. The molecule has 4 fully saturated rings. The molecule has 0 bridgehead atoms. The highest BCUT2D eigenvalue weighted by molar-refractivity contribution is 6.35. The second kappa shape index (κ2) is 10.2. The summed E-state index contributed by atoms with van der Waals surface area (Å²) >= 11 is 12.6. The maximum absolute atomic E-state index is 11.5. The lowest BCUT2D eigenvalue weighted by molar-refractivity contribution is -0.161. The first kappa shape index (κ1) is 26.2. The van der Waals surface area contributed by atoms with E-state index in [1.54, 1.807) is 6.07 Å². The monoisotopic (exact) mass is 558 g/mol. The van der Waals surface area contributed by atoms with Crippen molar-refractivity contribution in [3.63, 3.8) is 0 Å². The number of hydrogen-bond donors (Lipinski definition) is 1. The highest BCUT2D eigenvalue weighted by Crippen LogP contribution is 2.47. The fourth-order valence-electron chi connectivity index (χ4n) is 6.32. The second-order valence-corrected chi connectivity index (χ2v) is 12.8. The van der Waals surface area contributed by atoms with Gasteiger partial charge in [-0.3, -0.25) is 9.69 Å². The molecular formula is C30H36Cl2N2O4. The van der Waals surface area contributed by atoms with E-state index in [0.717, 1.165) is 56.9 Å². The van der Waals surface area contributed by atoms with Crippen molar-refractivity contribution in [2.75, 3.05) is 37.7 Å². The standard InChI is InChI=1S/C30H36Cl2N2O4/c1-18(24-7-5-21(31)11-26(24)32)38-27-12-22(6-8-25(27)19-3-4-19)34-15-20(16-34)28-17-33(9-10-37-28)23-13-30(2,14-23)29(35)36/h5-8,11-12,18-20,23,28H,3-4,9-10,13-17H2,1-2H3,(H,35,36)/t18-,23?,28+,30?/m1/s1. The number of rotatable bonds is 8. The van der Waals surface area contributed by atoms with Gasteiger partial charge in [0.05, 0.1) is 18.1 Å². The van der Waals surface area contributed by atoms with Crippen LogP contribution in [0.2, 0.25) is 10.0 Å². The van der Waals surface area contributed by atoms with Crippen LogP contribution in [0.15, 0.2) is 36.4 Å². The van der Waals surface area contributed by atoms with Gasteiger partial charge in [-0.25, -0.2) is 0 Å². The van der Waals surface area contributed by atoms with Crippen LogP contribution in [0.25, 0.3) is 0 Å². The van der Waals surface area contributed by atoms with Crippen LogP contribution in [0.1, 0.15) is 62.7 Å². The third-order valence-corrected chi connectivity index (χ3v) is 9.61. The fourth-order valence-corrected chi connectivity index (χ4v) is 6.89. The van der Waals surface area contributed by atoms with Crippen LogP contribution in [-0.4, -0.2) is 60.9 Å². The molecule has 2 aliphatic carbocycles. The van der Waals surface area contributed by atoms with E-state index >= 15 is 0 Å². The number of carbonyl (C=O) groups is 1. The number of halogens is 2. The molecule has 204 valence electrons. The van der Waals surface area contributed by atoms with Gasteiger partial charge in [-0.15, -0.1) is 0 Å². The van der Waals surface area contributed by atoms with Crippen LogP contribution < -0.4 is 9.64 Å². The van der Waals surface area contributed by atoms with E-state index in [1.165, 1.54) is 24.1 Å². The van der Waals surface area contributed by atoms with E-state index in [1.807, 2.05) is 26.0 Å². The van der Waals surface area contributed by atoms with Crippen LogP contribution in [0.4, 0.5) is 5.69 Å². The average Bonchev–Trinajstić information content (AvgIpc) is 3.66. The lowest BCUT2D eigenvalue weighted by Gasteiger charge is -2.52. The minimum Gasteiger partial charge on any atom is -0.486 e. The van der Waals surface area contributed by atoms with Crippen LogP contribution in [-0.2, 0) is 9.53 Å². The number of carboxylic acids is 1. The first-order chi connectivity index (χ1) is 18.2. The van der Waals surface area contributed by atoms with Crippen LogP contribution in [0.5, 0.6) is 5.75 Å². The number of aliphatic carboxylic acids is 1. The number of anilines is 1. The smallest absolute Gasteiger partial charge is 0.309 e. The van der Waals surface area contributed by atoms with Gasteiger partial charge >= 0.3 is 5.97 Å². The number of carboxylic acid groups (broad SMARTS) is 1. The number of ether oxygens (including phenoxy) is 2. The van der Waals surface area contributed by atoms with Crippen molar-refractivity contribution in [3.05, 3.63) is 57.6 Å². The molecule has 2 atom stereocenters. The fraction of sp³-hybridized carbons (Fsp3) is 0.567. The summed E-state index contributed by atoms with van der Waals surface area (Å²) in [5.74, 6) is 1.32. The van der Waals surface area contributed by atoms with E-state index in [-0.39, 0.29) is 12.2 Å². The molecule has 4 aliphatic rings. The Kier molecular flexibility index (Phi) is 7.04. The Morgan fingerprint density at radius 2 is 1.89 bits per heavy atom. The summed E-state index contributed by atoms with van der Waals surface area (Å²) in [4.78, 5) is 16.4. The molecule has 1 N–H and O–H groups in total. The molecule has 8 heteroatoms. The summed E-state index contributed by atoms with van der Waals surface area (Å²) in [7, 11) is 0. The molecule has 2 aliphatic heterocycles. The second-order valence-electron chi connectivity index (χ2n) is 11.9. The molecule has 2 heterocycles. The highest BCUT2D eigenvalue weighted by Gasteiger charge is 2.50. The summed E-state index contributed by atoms with van der Waals surface area (Å²) in [6.07, 6.45) is 3.90. The maximum Gasteiger partial charge on any atom is 0.309 e. The van der Waals surface area contributed by atoms with E-state index in [4.69, 9.17) is 32.7 Å². The molecule has 6 rings (SSSR count). The summed E-state index contributed by atoms with van der Waals surface area (Å²) in [5, 5.41) is 10.7. The minimum atomic E-state index is -0.671.